The van der Waals surface area contributed by atoms with Crippen molar-refractivity contribution in [1.29, 1.82) is 0 Å². The van der Waals surface area contributed by atoms with Crippen LogP contribution in [0.1, 0.15) is 30.4 Å². The number of halogens is 3. The molecule has 1 aromatic rings. The first-order chi connectivity index (χ1) is 8.95. The minimum atomic E-state index is -4.27. The molecule has 19 heavy (non-hydrogen) atoms. The fourth-order valence-electron chi connectivity index (χ4n) is 2.21. The van der Waals surface area contributed by atoms with Gasteiger partial charge in [0.1, 0.15) is 0 Å². The van der Waals surface area contributed by atoms with E-state index in [1.54, 1.807) is 0 Å². The van der Waals surface area contributed by atoms with Crippen LogP contribution in [-0.4, -0.2) is 18.3 Å². The van der Waals surface area contributed by atoms with Gasteiger partial charge in [-0.05, 0) is 42.4 Å². The van der Waals surface area contributed by atoms with Gasteiger partial charge in [-0.25, -0.2) is 0 Å². The second-order valence-corrected chi connectivity index (χ2v) is 5.27. The molecular formula is C14H18F3NO. The Balaban J connectivity index is 1.81. The van der Waals surface area contributed by atoms with Gasteiger partial charge in [0.2, 0.25) is 0 Å². The lowest BCUT2D eigenvalue weighted by molar-refractivity contribution is -0.137. The van der Waals surface area contributed by atoms with Gasteiger partial charge in [-0.15, -0.1) is 0 Å². The first kappa shape index (κ1) is 14.3. The van der Waals surface area contributed by atoms with Gasteiger partial charge in [-0.1, -0.05) is 12.1 Å². The molecule has 0 radical (unpaired) electrons. The van der Waals surface area contributed by atoms with Crippen molar-refractivity contribution in [2.24, 2.45) is 5.41 Å². The second kappa shape index (κ2) is 5.51. The molecule has 0 unspecified atom stereocenters. The second-order valence-electron chi connectivity index (χ2n) is 5.27. The van der Waals surface area contributed by atoms with Crippen LogP contribution in [0.15, 0.2) is 24.3 Å². The van der Waals surface area contributed by atoms with E-state index >= 15 is 0 Å². The molecule has 1 aromatic carbocycles. The van der Waals surface area contributed by atoms with Crippen molar-refractivity contribution in [3.63, 3.8) is 0 Å². The van der Waals surface area contributed by atoms with Gasteiger partial charge in [0, 0.05) is 19.7 Å². The summed E-state index contributed by atoms with van der Waals surface area (Å²) in [5.74, 6) is 0. The third kappa shape index (κ3) is 3.94. The first-order valence-corrected chi connectivity index (χ1v) is 6.43. The van der Waals surface area contributed by atoms with Crippen LogP contribution in [0, 0.1) is 5.41 Å². The van der Waals surface area contributed by atoms with Crippen LogP contribution in [0.2, 0.25) is 0 Å². The monoisotopic (exact) mass is 273 g/mol. The van der Waals surface area contributed by atoms with Crippen LogP contribution in [0.25, 0.3) is 0 Å². The molecule has 0 saturated heterocycles. The SMILES string of the molecule is OCCC1(CNCc2ccc(C(F)(F)F)cc2)CC1. The van der Waals surface area contributed by atoms with E-state index in [9.17, 15) is 13.2 Å². The number of nitrogens with one attached hydrogen (secondary N) is 1. The topological polar surface area (TPSA) is 32.3 Å². The van der Waals surface area contributed by atoms with Crippen molar-refractivity contribution in [3.8, 4) is 0 Å². The predicted molar refractivity (Wildman–Crippen MR) is 66.5 cm³/mol. The van der Waals surface area contributed by atoms with E-state index in [-0.39, 0.29) is 12.0 Å². The molecule has 0 aliphatic heterocycles. The fourth-order valence-corrected chi connectivity index (χ4v) is 2.21. The molecule has 0 atom stereocenters. The van der Waals surface area contributed by atoms with Crippen molar-refractivity contribution >= 4 is 0 Å². The number of hydrogen-bond donors (Lipinski definition) is 2. The Morgan fingerprint density at radius 1 is 1.16 bits per heavy atom. The van der Waals surface area contributed by atoms with Gasteiger partial charge in [-0.3, -0.25) is 0 Å². The molecule has 0 heterocycles. The molecule has 106 valence electrons. The van der Waals surface area contributed by atoms with E-state index in [1.165, 1.54) is 12.1 Å². The standard InChI is InChI=1S/C14H18F3NO/c15-14(16,17)12-3-1-11(2-4-12)9-18-10-13(5-6-13)7-8-19/h1-4,18-19H,5-10H2. The summed E-state index contributed by atoms with van der Waals surface area (Å²) in [4.78, 5) is 0. The molecule has 2 rings (SSSR count). The Kier molecular flexibility index (Phi) is 4.16. The number of hydrogen-bond acceptors (Lipinski definition) is 2. The molecule has 1 aliphatic rings. The van der Waals surface area contributed by atoms with Gasteiger partial charge < -0.3 is 10.4 Å². The van der Waals surface area contributed by atoms with Crippen molar-refractivity contribution in [2.75, 3.05) is 13.2 Å². The largest absolute Gasteiger partial charge is 0.416 e. The van der Waals surface area contributed by atoms with Gasteiger partial charge in [0.25, 0.3) is 0 Å². The zero-order chi connectivity index (χ0) is 13.9. The summed E-state index contributed by atoms with van der Waals surface area (Å²) >= 11 is 0. The molecule has 2 nitrogen and oxygen atoms in total. The molecule has 1 fully saturated rings. The number of aliphatic hydroxyl groups is 1. The zero-order valence-electron chi connectivity index (χ0n) is 10.6. The number of rotatable bonds is 6. The Hall–Kier alpha value is -1.07. The average molecular weight is 273 g/mol. The lowest BCUT2D eigenvalue weighted by atomic mass is 10.0. The summed E-state index contributed by atoms with van der Waals surface area (Å²) in [5.41, 5.74) is 0.448. The molecule has 0 aromatic heterocycles. The minimum absolute atomic E-state index is 0.196. The van der Waals surface area contributed by atoms with Gasteiger partial charge >= 0.3 is 6.18 Å². The highest BCUT2D eigenvalue weighted by molar-refractivity contribution is 5.24. The molecule has 0 amide bonds. The fraction of sp³-hybridized carbons (Fsp3) is 0.571. The first-order valence-electron chi connectivity index (χ1n) is 6.43. The summed E-state index contributed by atoms with van der Waals surface area (Å²) < 4.78 is 37.1. The third-order valence-corrected chi connectivity index (χ3v) is 3.71. The highest BCUT2D eigenvalue weighted by Crippen LogP contribution is 2.47. The number of aliphatic hydroxyl groups excluding tert-OH is 1. The lowest BCUT2D eigenvalue weighted by Crippen LogP contribution is -2.24. The van der Waals surface area contributed by atoms with Crippen molar-refractivity contribution in [2.45, 2.75) is 32.0 Å². The zero-order valence-corrected chi connectivity index (χ0v) is 10.6. The van der Waals surface area contributed by atoms with E-state index in [1.807, 2.05) is 0 Å². The molecular weight excluding hydrogens is 255 g/mol. The highest BCUT2D eigenvalue weighted by Gasteiger charge is 2.41. The third-order valence-electron chi connectivity index (χ3n) is 3.71. The average Bonchev–Trinajstić information content (AvgIpc) is 3.09. The van der Waals surface area contributed by atoms with Gasteiger partial charge in [0.15, 0.2) is 0 Å². The Morgan fingerprint density at radius 2 is 1.79 bits per heavy atom. The maximum atomic E-state index is 12.4. The summed E-state index contributed by atoms with van der Waals surface area (Å²) in [6, 6.07) is 5.22. The number of benzene rings is 1. The van der Waals surface area contributed by atoms with Crippen LogP contribution >= 0.6 is 0 Å². The maximum absolute atomic E-state index is 12.4. The summed E-state index contributed by atoms with van der Waals surface area (Å²) in [6.45, 7) is 1.57. The molecule has 1 aliphatic carbocycles. The normalized spacial score (nSPS) is 17.5. The maximum Gasteiger partial charge on any atom is 0.416 e. The van der Waals surface area contributed by atoms with E-state index in [4.69, 9.17) is 5.11 Å². The summed E-state index contributed by atoms with van der Waals surface area (Å²) in [5, 5.41) is 12.2. The lowest BCUT2D eigenvalue weighted by Gasteiger charge is -2.14. The summed E-state index contributed by atoms with van der Waals surface area (Å²) in [7, 11) is 0. The molecule has 2 N–H and O–H groups in total. The van der Waals surface area contributed by atoms with Gasteiger partial charge in [0.05, 0.1) is 5.56 Å². The molecule has 1 saturated carbocycles. The van der Waals surface area contributed by atoms with E-state index in [0.717, 1.165) is 43.5 Å². The van der Waals surface area contributed by atoms with E-state index in [0.29, 0.717) is 6.54 Å². The van der Waals surface area contributed by atoms with Crippen LogP contribution in [0.4, 0.5) is 13.2 Å². The number of alkyl halides is 3. The molecule has 5 heteroatoms. The van der Waals surface area contributed by atoms with Crippen LogP contribution < -0.4 is 5.32 Å². The quantitative estimate of drug-likeness (QED) is 0.835. The Labute approximate surface area is 110 Å². The minimum Gasteiger partial charge on any atom is -0.396 e. The van der Waals surface area contributed by atoms with Crippen LogP contribution in [-0.2, 0) is 12.7 Å². The van der Waals surface area contributed by atoms with Gasteiger partial charge in [-0.2, -0.15) is 13.2 Å². The smallest absolute Gasteiger partial charge is 0.396 e. The molecule has 0 spiro atoms. The predicted octanol–water partition coefficient (Wildman–Crippen LogP) is 2.96. The van der Waals surface area contributed by atoms with Crippen molar-refractivity contribution < 1.29 is 18.3 Å². The Morgan fingerprint density at radius 3 is 2.26 bits per heavy atom. The summed E-state index contributed by atoms with van der Waals surface area (Å²) in [6.07, 6.45) is -1.24. The van der Waals surface area contributed by atoms with Crippen molar-refractivity contribution in [3.05, 3.63) is 35.4 Å². The van der Waals surface area contributed by atoms with Crippen LogP contribution in [0.3, 0.4) is 0 Å². The highest BCUT2D eigenvalue weighted by atomic mass is 19.4. The van der Waals surface area contributed by atoms with Crippen LogP contribution in [0.5, 0.6) is 0 Å². The molecule has 0 bridgehead atoms. The van der Waals surface area contributed by atoms with E-state index < -0.39 is 11.7 Å². The van der Waals surface area contributed by atoms with E-state index in [2.05, 4.69) is 5.32 Å². The van der Waals surface area contributed by atoms with Crippen molar-refractivity contribution in [1.82, 2.24) is 5.32 Å². The Bertz CT molecular complexity index is 410.